The van der Waals surface area contributed by atoms with E-state index in [0.717, 1.165) is 25.9 Å². The van der Waals surface area contributed by atoms with E-state index in [1.807, 2.05) is 13.8 Å². The minimum Gasteiger partial charge on any atom is -0.391 e. The molecule has 1 aliphatic heterocycles. The Morgan fingerprint density at radius 3 is 2.56 bits per heavy atom. The van der Waals surface area contributed by atoms with Crippen LogP contribution < -0.4 is 10.6 Å². The van der Waals surface area contributed by atoms with Crippen LogP contribution in [0.25, 0.3) is 0 Å². The van der Waals surface area contributed by atoms with Crippen molar-refractivity contribution in [1.29, 1.82) is 0 Å². The number of aliphatic hydroxyl groups is 1. The summed E-state index contributed by atoms with van der Waals surface area (Å²) >= 11 is 0. The third kappa shape index (κ3) is 4.10. The van der Waals surface area contributed by atoms with E-state index in [9.17, 15) is 9.90 Å². The van der Waals surface area contributed by atoms with Gasteiger partial charge in [-0.05, 0) is 52.6 Å². The molecule has 4 heteroatoms. The molecule has 0 aromatic rings. The van der Waals surface area contributed by atoms with Gasteiger partial charge in [0.25, 0.3) is 0 Å². The number of hydrogen-bond donors (Lipinski definition) is 3. The maximum Gasteiger partial charge on any atom is 0.220 e. The van der Waals surface area contributed by atoms with Gasteiger partial charge in [-0.25, -0.2) is 0 Å². The Morgan fingerprint density at radius 2 is 2.06 bits per heavy atom. The molecule has 0 aromatic heterocycles. The first-order valence-corrected chi connectivity index (χ1v) is 6.11. The van der Waals surface area contributed by atoms with Crippen LogP contribution in [0.5, 0.6) is 0 Å². The van der Waals surface area contributed by atoms with Crippen molar-refractivity contribution in [2.24, 2.45) is 5.92 Å². The smallest absolute Gasteiger partial charge is 0.220 e. The Bertz CT molecular complexity index is 233. The predicted molar refractivity (Wildman–Crippen MR) is 64.1 cm³/mol. The first kappa shape index (κ1) is 13.5. The fourth-order valence-corrected chi connectivity index (χ4v) is 1.86. The zero-order valence-electron chi connectivity index (χ0n) is 10.5. The summed E-state index contributed by atoms with van der Waals surface area (Å²) in [6.07, 6.45) is 2.19. The normalized spacial score (nSPS) is 20.5. The molecule has 1 saturated heterocycles. The topological polar surface area (TPSA) is 61.4 Å². The Labute approximate surface area is 97.8 Å². The number of carbonyl (C=O) groups is 1. The lowest BCUT2D eigenvalue weighted by molar-refractivity contribution is -0.125. The molecule has 0 aromatic carbocycles. The van der Waals surface area contributed by atoms with Crippen LogP contribution in [0.1, 0.15) is 40.0 Å². The van der Waals surface area contributed by atoms with E-state index in [1.165, 1.54) is 0 Å². The van der Waals surface area contributed by atoms with Crippen molar-refractivity contribution in [2.75, 3.05) is 13.1 Å². The van der Waals surface area contributed by atoms with Crippen LogP contribution in [0.15, 0.2) is 0 Å². The molecule has 1 atom stereocenters. The summed E-state index contributed by atoms with van der Waals surface area (Å²) in [5.74, 6) is 0.545. The van der Waals surface area contributed by atoms with Crippen molar-refractivity contribution in [1.82, 2.24) is 10.6 Å². The minimum absolute atomic E-state index is 0.0535. The molecule has 0 aliphatic carbocycles. The summed E-state index contributed by atoms with van der Waals surface area (Å²) < 4.78 is 0. The quantitative estimate of drug-likeness (QED) is 0.662. The van der Waals surface area contributed by atoms with Gasteiger partial charge in [0, 0.05) is 6.42 Å². The van der Waals surface area contributed by atoms with Gasteiger partial charge in [-0.15, -0.1) is 0 Å². The predicted octanol–water partition coefficient (Wildman–Crippen LogP) is 0.652. The molecule has 0 radical (unpaired) electrons. The van der Waals surface area contributed by atoms with Crippen LogP contribution >= 0.6 is 0 Å². The van der Waals surface area contributed by atoms with Crippen LogP contribution in [0, 0.1) is 5.92 Å². The summed E-state index contributed by atoms with van der Waals surface area (Å²) in [6.45, 7) is 7.41. The first-order chi connectivity index (χ1) is 7.42. The number of rotatable bonds is 4. The van der Waals surface area contributed by atoms with Gasteiger partial charge in [-0.3, -0.25) is 4.79 Å². The SMILES string of the molecule is CC(O)C(C)(C)NC(=O)CC1CCNCC1. The van der Waals surface area contributed by atoms with Crippen molar-refractivity contribution in [3.8, 4) is 0 Å². The second kappa shape index (κ2) is 5.64. The van der Waals surface area contributed by atoms with Crippen LogP contribution in [-0.2, 0) is 4.79 Å². The summed E-state index contributed by atoms with van der Waals surface area (Å²) in [5.41, 5.74) is -0.538. The lowest BCUT2D eigenvalue weighted by Gasteiger charge is -2.30. The lowest BCUT2D eigenvalue weighted by Crippen LogP contribution is -2.51. The van der Waals surface area contributed by atoms with E-state index in [1.54, 1.807) is 6.92 Å². The molecule has 0 saturated carbocycles. The van der Waals surface area contributed by atoms with Gasteiger partial charge in [0.15, 0.2) is 0 Å². The van der Waals surface area contributed by atoms with E-state index in [4.69, 9.17) is 0 Å². The standard InChI is InChI=1S/C12H24N2O2/c1-9(15)12(2,3)14-11(16)8-10-4-6-13-7-5-10/h9-10,13,15H,4-8H2,1-3H3,(H,14,16). The summed E-state index contributed by atoms with van der Waals surface area (Å²) in [7, 11) is 0. The molecule has 0 bridgehead atoms. The lowest BCUT2D eigenvalue weighted by atomic mass is 9.93. The Morgan fingerprint density at radius 1 is 1.50 bits per heavy atom. The third-order valence-electron chi connectivity index (χ3n) is 3.44. The molecule has 1 fully saturated rings. The number of nitrogens with one attached hydrogen (secondary N) is 2. The molecule has 4 nitrogen and oxygen atoms in total. The molecular weight excluding hydrogens is 204 g/mol. The molecule has 1 unspecified atom stereocenters. The van der Waals surface area contributed by atoms with Crippen molar-refractivity contribution in [2.45, 2.75) is 51.7 Å². The Kier molecular flexibility index (Phi) is 4.74. The highest BCUT2D eigenvalue weighted by atomic mass is 16.3. The second-order valence-electron chi connectivity index (χ2n) is 5.34. The molecule has 0 spiro atoms. The van der Waals surface area contributed by atoms with Gasteiger partial charge < -0.3 is 15.7 Å². The van der Waals surface area contributed by atoms with Crippen molar-refractivity contribution < 1.29 is 9.90 Å². The van der Waals surface area contributed by atoms with Gasteiger partial charge in [0.2, 0.25) is 5.91 Å². The van der Waals surface area contributed by atoms with Gasteiger partial charge in [0.05, 0.1) is 11.6 Å². The number of piperidine rings is 1. The molecule has 1 aliphatic rings. The second-order valence-corrected chi connectivity index (χ2v) is 5.34. The van der Waals surface area contributed by atoms with Crippen molar-refractivity contribution in [3.05, 3.63) is 0 Å². The zero-order chi connectivity index (χ0) is 12.2. The van der Waals surface area contributed by atoms with Crippen LogP contribution in [0.2, 0.25) is 0 Å². The number of carbonyl (C=O) groups excluding carboxylic acids is 1. The average molecular weight is 228 g/mol. The zero-order valence-corrected chi connectivity index (χ0v) is 10.5. The highest BCUT2D eigenvalue weighted by Gasteiger charge is 2.27. The average Bonchev–Trinajstić information content (AvgIpc) is 2.17. The highest BCUT2D eigenvalue weighted by molar-refractivity contribution is 5.77. The van der Waals surface area contributed by atoms with Crippen molar-refractivity contribution in [3.63, 3.8) is 0 Å². The molecule has 1 amide bonds. The molecule has 1 rings (SSSR count). The maximum absolute atomic E-state index is 11.8. The van der Waals surface area contributed by atoms with Crippen LogP contribution in [-0.4, -0.2) is 35.7 Å². The number of amides is 1. The van der Waals surface area contributed by atoms with Crippen LogP contribution in [0.3, 0.4) is 0 Å². The summed E-state index contributed by atoms with van der Waals surface area (Å²) in [6, 6.07) is 0. The fourth-order valence-electron chi connectivity index (χ4n) is 1.86. The van der Waals surface area contributed by atoms with E-state index >= 15 is 0 Å². The molecule has 3 N–H and O–H groups in total. The monoisotopic (exact) mass is 228 g/mol. The van der Waals surface area contributed by atoms with E-state index in [2.05, 4.69) is 10.6 Å². The van der Waals surface area contributed by atoms with E-state index < -0.39 is 11.6 Å². The Hall–Kier alpha value is -0.610. The summed E-state index contributed by atoms with van der Waals surface area (Å²) in [4.78, 5) is 11.8. The van der Waals surface area contributed by atoms with E-state index in [-0.39, 0.29) is 5.91 Å². The highest BCUT2D eigenvalue weighted by Crippen LogP contribution is 2.17. The third-order valence-corrected chi connectivity index (χ3v) is 3.44. The first-order valence-electron chi connectivity index (χ1n) is 6.11. The molecule has 16 heavy (non-hydrogen) atoms. The maximum atomic E-state index is 11.8. The van der Waals surface area contributed by atoms with E-state index in [0.29, 0.717) is 12.3 Å². The Balaban J connectivity index is 2.34. The number of aliphatic hydroxyl groups excluding tert-OH is 1. The largest absolute Gasteiger partial charge is 0.391 e. The van der Waals surface area contributed by atoms with Gasteiger partial charge in [-0.1, -0.05) is 0 Å². The molecule has 1 heterocycles. The van der Waals surface area contributed by atoms with Gasteiger partial charge >= 0.3 is 0 Å². The van der Waals surface area contributed by atoms with Gasteiger partial charge in [-0.2, -0.15) is 0 Å². The van der Waals surface area contributed by atoms with Gasteiger partial charge in [0.1, 0.15) is 0 Å². The molecular formula is C12H24N2O2. The summed E-state index contributed by atoms with van der Waals surface area (Å²) in [5, 5.41) is 15.7. The minimum atomic E-state index is -0.538. The fraction of sp³-hybridized carbons (Fsp3) is 0.917. The van der Waals surface area contributed by atoms with Crippen molar-refractivity contribution >= 4 is 5.91 Å². The van der Waals surface area contributed by atoms with Crippen LogP contribution in [0.4, 0.5) is 0 Å². The number of hydrogen-bond acceptors (Lipinski definition) is 3. The molecule has 94 valence electrons.